The van der Waals surface area contributed by atoms with Crippen LogP contribution in [0.2, 0.25) is 0 Å². The summed E-state index contributed by atoms with van der Waals surface area (Å²) in [5, 5.41) is 4.24. The number of allylic oxidation sites excluding steroid dienone is 2. The molecule has 1 heterocycles. The Morgan fingerprint density at radius 2 is 2.28 bits per heavy atom. The molecule has 1 aromatic rings. The van der Waals surface area contributed by atoms with Gasteiger partial charge >= 0.3 is 5.97 Å². The van der Waals surface area contributed by atoms with E-state index in [-0.39, 0.29) is 0 Å². The van der Waals surface area contributed by atoms with Gasteiger partial charge in [-0.1, -0.05) is 12.7 Å². The molecule has 1 rings (SSSR count). The van der Waals surface area contributed by atoms with Crippen LogP contribution in [0, 0.1) is 3.57 Å². The van der Waals surface area contributed by atoms with E-state index in [0.29, 0.717) is 11.4 Å². The lowest BCUT2D eigenvalue weighted by molar-refractivity contribution is 0.0591. The monoisotopic (exact) mass is 361 g/mol. The van der Waals surface area contributed by atoms with Crippen molar-refractivity contribution in [3.8, 4) is 0 Å². The number of nitrogens with zero attached hydrogens (tertiary/aromatic N) is 2. The summed E-state index contributed by atoms with van der Waals surface area (Å²) in [6.07, 6.45) is 5.38. The fourth-order valence-corrected chi connectivity index (χ4v) is 1.86. The zero-order valence-corrected chi connectivity index (χ0v) is 12.8. The first-order valence-electron chi connectivity index (χ1n) is 5.25. The van der Waals surface area contributed by atoms with Crippen molar-refractivity contribution in [2.45, 2.75) is 19.4 Å². The maximum absolute atomic E-state index is 11.5. The van der Waals surface area contributed by atoms with Crippen LogP contribution in [0.3, 0.4) is 0 Å². The van der Waals surface area contributed by atoms with E-state index in [9.17, 15) is 4.79 Å². The number of hydrogen-bond acceptors (Lipinski definition) is 4. The van der Waals surface area contributed by atoms with Gasteiger partial charge in [0.25, 0.3) is 0 Å². The Bertz CT molecular complexity index is 503. The third-order valence-corrected chi connectivity index (χ3v) is 3.13. The summed E-state index contributed by atoms with van der Waals surface area (Å²) in [7, 11) is 1.33. The van der Waals surface area contributed by atoms with Crippen LogP contribution in [-0.2, 0) is 10.3 Å². The lowest BCUT2D eigenvalue weighted by atomic mass is 10.1. The Balaban J connectivity index is 3.10. The predicted molar refractivity (Wildman–Crippen MR) is 78.1 cm³/mol. The molecule has 0 unspecified atom stereocenters. The van der Waals surface area contributed by atoms with Crippen LogP contribution >= 0.6 is 22.6 Å². The average Bonchev–Trinajstić information content (AvgIpc) is 2.68. The quantitative estimate of drug-likeness (QED) is 0.506. The molecule has 0 radical (unpaired) electrons. The van der Waals surface area contributed by atoms with Gasteiger partial charge in [-0.2, -0.15) is 5.10 Å². The van der Waals surface area contributed by atoms with Crippen molar-refractivity contribution in [1.82, 2.24) is 9.78 Å². The first-order chi connectivity index (χ1) is 8.27. The second-order valence-corrected chi connectivity index (χ2v) is 5.49. The van der Waals surface area contributed by atoms with Crippen molar-refractivity contribution in [2.75, 3.05) is 7.11 Å². The van der Waals surface area contributed by atoms with Gasteiger partial charge in [-0.3, -0.25) is 4.68 Å². The van der Waals surface area contributed by atoms with Gasteiger partial charge < -0.3 is 10.5 Å². The number of carbonyl (C=O) groups excluding carboxylic acids is 1. The Kier molecular flexibility index (Phi) is 4.55. The Morgan fingerprint density at radius 1 is 1.67 bits per heavy atom. The van der Waals surface area contributed by atoms with Crippen LogP contribution in [0.25, 0.3) is 0 Å². The van der Waals surface area contributed by atoms with Crippen molar-refractivity contribution in [3.05, 3.63) is 39.9 Å². The lowest BCUT2D eigenvalue weighted by Gasteiger charge is -2.21. The van der Waals surface area contributed by atoms with Gasteiger partial charge in [-0.15, -0.1) is 0 Å². The molecule has 0 aliphatic heterocycles. The molecule has 0 fully saturated rings. The van der Waals surface area contributed by atoms with E-state index in [1.54, 1.807) is 17.0 Å². The van der Waals surface area contributed by atoms with Crippen molar-refractivity contribution in [3.63, 3.8) is 0 Å². The first-order valence-corrected chi connectivity index (χ1v) is 6.33. The summed E-state index contributed by atoms with van der Waals surface area (Å²) in [6, 6.07) is 0. The maximum atomic E-state index is 11.5. The molecule has 1 aromatic heterocycles. The van der Waals surface area contributed by atoms with E-state index < -0.39 is 11.5 Å². The number of methoxy groups -OCH3 is 1. The SMILES string of the molecule is C=C(N)/C=C\C(C)(C)n1cc(I)c(C(=O)OC)n1. The number of aromatic nitrogens is 2. The molecule has 0 saturated heterocycles. The van der Waals surface area contributed by atoms with Gasteiger partial charge in [0.1, 0.15) is 0 Å². The van der Waals surface area contributed by atoms with E-state index in [4.69, 9.17) is 5.73 Å². The van der Waals surface area contributed by atoms with Crippen LogP contribution < -0.4 is 5.73 Å². The Morgan fingerprint density at radius 3 is 2.78 bits per heavy atom. The number of esters is 1. The maximum Gasteiger partial charge on any atom is 0.359 e. The molecule has 0 aliphatic rings. The molecule has 0 saturated carbocycles. The Labute approximate surface area is 120 Å². The number of hydrogen-bond donors (Lipinski definition) is 1. The molecule has 6 heteroatoms. The predicted octanol–water partition coefficient (Wildman–Crippen LogP) is 2.04. The van der Waals surface area contributed by atoms with Crippen LogP contribution in [0.15, 0.2) is 30.6 Å². The minimum Gasteiger partial charge on any atom is -0.464 e. The van der Waals surface area contributed by atoms with E-state index in [1.807, 2.05) is 19.9 Å². The number of rotatable bonds is 4. The molecule has 0 amide bonds. The van der Waals surface area contributed by atoms with Gasteiger partial charge in [-0.25, -0.2) is 4.79 Å². The summed E-state index contributed by atoms with van der Waals surface area (Å²) >= 11 is 2.05. The molecule has 0 atom stereocenters. The van der Waals surface area contributed by atoms with Crippen molar-refractivity contribution < 1.29 is 9.53 Å². The average molecular weight is 361 g/mol. The fourth-order valence-electron chi connectivity index (χ4n) is 1.27. The van der Waals surface area contributed by atoms with Gasteiger partial charge in [-0.05, 0) is 42.5 Å². The highest BCUT2D eigenvalue weighted by molar-refractivity contribution is 14.1. The van der Waals surface area contributed by atoms with Crippen molar-refractivity contribution in [2.24, 2.45) is 5.73 Å². The van der Waals surface area contributed by atoms with E-state index in [1.165, 1.54) is 7.11 Å². The van der Waals surface area contributed by atoms with Crippen LogP contribution in [-0.4, -0.2) is 22.9 Å². The van der Waals surface area contributed by atoms with Gasteiger partial charge in [0.05, 0.1) is 16.2 Å². The topological polar surface area (TPSA) is 70.1 Å². The highest BCUT2D eigenvalue weighted by Crippen LogP contribution is 2.20. The van der Waals surface area contributed by atoms with Crippen LogP contribution in [0.5, 0.6) is 0 Å². The fraction of sp³-hybridized carbons (Fsp3) is 0.333. The standard InChI is InChI=1S/C12H16IN3O2/c1-8(14)5-6-12(2,3)16-7-9(13)10(15-16)11(17)18-4/h5-7H,1,14H2,2-4H3/b6-5-. The van der Waals surface area contributed by atoms with Crippen molar-refractivity contribution in [1.29, 1.82) is 0 Å². The smallest absolute Gasteiger partial charge is 0.359 e. The summed E-state index contributed by atoms with van der Waals surface area (Å²) in [5.41, 5.74) is 5.87. The molecule has 0 spiro atoms. The van der Waals surface area contributed by atoms with E-state index in [2.05, 4.69) is 39.0 Å². The lowest BCUT2D eigenvalue weighted by Crippen LogP contribution is -2.24. The number of halogens is 1. The molecule has 2 N–H and O–H groups in total. The molecular formula is C12H16IN3O2. The molecule has 18 heavy (non-hydrogen) atoms. The first kappa shape index (κ1) is 14.7. The summed E-state index contributed by atoms with van der Waals surface area (Å²) in [5.74, 6) is -0.443. The number of ether oxygens (including phenoxy) is 1. The summed E-state index contributed by atoms with van der Waals surface area (Å²) in [4.78, 5) is 11.5. The second-order valence-electron chi connectivity index (χ2n) is 4.32. The third kappa shape index (κ3) is 3.34. The van der Waals surface area contributed by atoms with Gasteiger partial charge in [0, 0.05) is 11.9 Å². The van der Waals surface area contributed by atoms with Gasteiger partial charge in [0.15, 0.2) is 5.69 Å². The second kappa shape index (κ2) is 5.55. The third-order valence-electron chi connectivity index (χ3n) is 2.34. The molecule has 0 aliphatic carbocycles. The molecular weight excluding hydrogens is 345 g/mol. The summed E-state index contributed by atoms with van der Waals surface area (Å²) in [6.45, 7) is 7.51. The number of carbonyl (C=O) groups is 1. The van der Waals surface area contributed by atoms with Crippen molar-refractivity contribution >= 4 is 28.6 Å². The van der Waals surface area contributed by atoms with Gasteiger partial charge in [0.2, 0.25) is 0 Å². The molecule has 0 aromatic carbocycles. The Hall–Kier alpha value is -1.31. The zero-order chi connectivity index (χ0) is 13.9. The largest absolute Gasteiger partial charge is 0.464 e. The number of nitrogens with two attached hydrogens (primary N) is 1. The minimum absolute atomic E-state index is 0.311. The highest BCUT2D eigenvalue weighted by Gasteiger charge is 2.22. The van der Waals surface area contributed by atoms with Crippen LogP contribution in [0.4, 0.5) is 0 Å². The highest BCUT2D eigenvalue weighted by atomic mass is 127. The molecule has 98 valence electrons. The minimum atomic E-state index is -0.443. The van der Waals surface area contributed by atoms with E-state index in [0.717, 1.165) is 3.57 Å². The zero-order valence-electron chi connectivity index (χ0n) is 10.6. The molecule has 5 nitrogen and oxygen atoms in total. The summed E-state index contributed by atoms with van der Waals surface area (Å²) < 4.78 is 7.11. The van der Waals surface area contributed by atoms with E-state index >= 15 is 0 Å². The molecule has 0 bridgehead atoms. The normalized spacial score (nSPS) is 11.8. The van der Waals surface area contributed by atoms with Crippen LogP contribution in [0.1, 0.15) is 24.3 Å².